The van der Waals surface area contributed by atoms with Crippen LogP contribution in [-0.2, 0) is 5.54 Å². The third kappa shape index (κ3) is 2.80. The number of rotatable bonds is 3. The number of nitrogen functional groups attached to an aromatic ring is 1. The van der Waals surface area contributed by atoms with Crippen molar-refractivity contribution in [3.8, 4) is 5.75 Å². The van der Waals surface area contributed by atoms with Crippen molar-refractivity contribution in [1.29, 1.82) is 0 Å². The summed E-state index contributed by atoms with van der Waals surface area (Å²) in [5, 5.41) is 3.42. The second kappa shape index (κ2) is 5.47. The van der Waals surface area contributed by atoms with Gasteiger partial charge in [-0.3, -0.25) is 4.79 Å². The van der Waals surface area contributed by atoms with Crippen LogP contribution in [0, 0.1) is 0 Å². The zero-order valence-electron chi connectivity index (χ0n) is 13.5. The molecule has 2 aromatic carbocycles. The Morgan fingerprint density at radius 3 is 2.52 bits per heavy atom. The quantitative estimate of drug-likeness (QED) is 0.518. The van der Waals surface area contributed by atoms with E-state index in [1.165, 1.54) is 0 Å². The monoisotopic (exact) mass is 308 g/mol. The van der Waals surface area contributed by atoms with Gasteiger partial charge in [-0.05, 0) is 55.8 Å². The summed E-state index contributed by atoms with van der Waals surface area (Å²) in [6.07, 6.45) is 1.64. The maximum Gasteiger partial charge on any atom is 0.187 e. The Bertz CT molecular complexity index is 790. The van der Waals surface area contributed by atoms with Gasteiger partial charge in [-0.15, -0.1) is 0 Å². The van der Waals surface area contributed by atoms with Gasteiger partial charge in [0.15, 0.2) is 5.78 Å². The van der Waals surface area contributed by atoms with E-state index in [-0.39, 0.29) is 11.3 Å². The summed E-state index contributed by atoms with van der Waals surface area (Å²) in [6.45, 7) is 4.18. The molecule has 0 aromatic heterocycles. The molecule has 0 aliphatic carbocycles. The Balaban J connectivity index is 2.01. The molecule has 0 spiro atoms. The predicted molar refractivity (Wildman–Crippen MR) is 92.3 cm³/mol. The first-order valence-electron chi connectivity index (χ1n) is 7.49. The number of anilines is 1. The first kappa shape index (κ1) is 15.2. The van der Waals surface area contributed by atoms with Gasteiger partial charge in [-0.25, -0.2) is 0 Å². The number of nitrogens with one attached hydrogen (secondary N) is 1. The molecule has 4 heteroatoms. The molecule has 0 saturated heterocycles. The number of hydrogen-bond acceptors (Lipinski definition) is 4. The molecule has 1 aliphatic heterocycles. The van der Waals surface area contributed by atoms with E-state index in [1.54, 1.807) is 37.5 Å². The van der Waals surface area contributed by atoms with E-state index in [2.05, 4.69) is 19.2 Å². The largest absolute Gasteiger partial charge is 0.497 e. The summed E-state index contributed by atoms with van der Waals surface area (Å²) in [6, 6.07) is 12.9. The summed E-state index contributed by atoms with van der Waals surface area (Å²) in [5.74, 6) is 0.716. The zero-order valence-corrected chi connectivity index (χ0v) is 13.5. The van der Waals surface area contributed by atoms with Crippen molar-refractivity contribution < 1.29 is 9.53 Å². The van der Waals surface area contributed by atoms with Crippen LogP contribution >= 0.6 is 0 Å². The van der Waals surface area contributed by atoms with Crippen LogP contribution in [0.15, 0.2) is 48.5 Å². The molecular formula is C19H20N2O2. The van der Waals surface area contributed by atoms with E-state index in [1.807, 2.05) is 18.2 Å². The fourth-order valence-corrected chi connectivity index (χ4v) is 2.87. The van der Waals surface area contributed by atoms with Gasteiger partial charge in [0.1, 0.15) is 5.75 Å². The van der Waals surface area contributed by atoms with Gasteiger partial charge < -0.3 is 15.8 Å². The summed E-state index contributed by atoms with van der Waals surface area (Å²) >= 11 is 0. The highest BCUT2D eigenvalue weighted by atomic mass is 16.5. The lowest BCUT2D eigenvalue weighted by Gasteiger charge is -2.20. The standard InChI is InChI=1S/C19H20N2O2/c1-19(2)16-9-8-14(23-3)10-15(16)17(21-19)11-18(22)12-4-6-13(20)7-5-12/h4-11,21H,20H2,1-3H3/b17-11-. The van der Waals surface area contributed by atoms with Crippen molar-refractivity contribution in [2.24, 2.45) is 0 Å². The molecule has 0 fully saturated rings. The highest BCUT2D eigenvalue weighted by Crippen LogP contribution is 2.38. The molecule has 23 heavy (non-hydrogen) atoms. The average Bonchev–Trinajstić information content (AvgIpc) is 2.78. The van der Waals surface area contributed by atoms with E-state index >= 15 is 0 Å². The van der Waals surface area contributed by atoms with Gasteiger partial charge >= 0.3 is 0 Å². The number of ketones is 1. The maximum absolute atomic E-state index is 12.5. The Labute approximate surface area is 136 Å². The summed E-state index contributed by atoms with van der Waals surface area (Å²) in [4.78, 5) is 12.5. The molecule has 0 radical (unpaired) electrons. The van der Waals surface area contributed by atoms with Gasteiger partial charge in [0.05, 0.1) is 12.6 Å². The summed E-state index contributed by atoms with van der Waals surface area (Å²) in [5.41, 5.74) is 9.65. The number of carbonyl (C=O) groups is 1. The zero-order chi connectivity index (χ0) is 16.6. The first-order valence-corrected chi connectivity index (χ1v) is 7.49. The van der Waals surface area contributed by atoms with Crippen LogP contribution in [0.1, 0.15) is 35.3 Å². The van der Waals surface area contributed by atoms with Crippen molar-refractivity contribution in [3.05, 3.63) is 65.2 Å². The predicted octanol–water partition coefficient (Wildman–Crippen LogP) is 3.34. The Kier molecular flexibility index (Phi) is 3.60. The lowest BCUT2D eigenvalue weighted by molar-refractivity contribution is 0.104. The summed E-state index contributed by atoms with van der Waals surface area (Å²) in [7, 11) is 1.64. The van der Waals surface area contributed by atoms with Crippen molar-refractivity contribution >= 4 is 17.2 Å². The van der Waals surface area contributed by atoms with E-state index < -0.39 is 0 Å². The van der Waals surface area contributed by atoms with Crippen molar-refractivity contribution in [1.82, 2.24) is 5.32 Å². The smallest absolute Gasteiger partial charge is 0.187 e. The molecule has 0 atom stereocenters. The average molecular weight is 308 g/mol. The number of methoxy groups -OCH3 is 1. The van der Waals surface area contributed by atoms with Gasteiger partial charge in [-0.2, -0.15) is 0 Å². The maximum atomic E-state index is 12.5. The van der Waals surface area contributed by atoms with Crippen LogP contribution < -0.4 is 15.8 Å². The molecule has 3 rings (SSSR count). The summed E-state index contributed by atoms with van der Waals surface area (Å²) < 4.78 is 5.30. The molecule has 4 nitrogen and oxygen atoms in total. The number of carbonyl (C=O) groups excluding carboxylic acids is 1. The van der Waals surface area contributed by atoms with Crippen LogP contribution in [0.25, 0.3) is 5.70 Å². The normalized spacial score (nSPS) is 16.7. The van der Waals surface area contributed by atoms with Gasteiger partial charge in [-0.1, -0.05) is 6.07 Å². The Morgan fingerprint density at radius 1 is 1.17 bits per heavy atom. The molecule has 1 heterocycles. The fraction of sp³-hybridized carbons (Fsp3) is 0.211. The Hall–Kier alpha value is -2.75. The molecule has 118 valence electrons. The van der Waals surface area contributed by atoms with Crippen LogP contribution in [0.2, 0.25) is 0 Å². The van der Waals surface area contributed by atoms with E-state index in [0.29, 0.717) is 11.3 Å². The lowest BCUT2D eigenvalue weighted by Crippen LogP contribution is -2.28. The first-order chi connectivity index (χ1) is 10.9. The highest BCUT2D eigenvalue weighted by molar-refractivity contribution is 6.09. The minimum atomic E-state index is -0.227. The number of benzene rings is 2. The van der Waals surface area contributed by atoms with Crippen molar-refractivity contribution in [2.45, 2.75) is 19.4 Å². The third-order valence-electron chi connectivity index (χ3n) is 4.11. The van der Waals surface area contributed by atoms with Gasteiger partial charge in [0.2, 0.25) is 0 Å². The molecule has 0 unspecified atom stereocenters. The minimum Gasteiger partial charge on any atom is -0.497 e. The van der Waals surface area contributed by atoms with Crippen LogP contribution in [0.5, 0.6) is 5.75 Å². The second-order valence-electron chi connectivity index (χ2n) is 6.21. The van der Waals surface area contributed by atoms with Crippen molar-refractivity contribution in [3.63, 3.8) is 0 Å². The number of allylic oxidation sites excluding steroid dienone is 1. The van der Waals surface area contributed by atoms with Crippen LogP contribution in [0.4, 0.5) is 5.69 Å². The minimum absolute atomic E-state index is 0.0565. The lowest BCUT2D eigenvalue weighted by atomic mass is 9.94. The van der Waals surface area contributed by atoms with Gasteiger partial charge in [0.25, 0.3) is 0 Å². The third-order valence-corrected chi connectivity index (χ3v) is 4.11. The topological polar surface area (TPSA) is 64.3 Å². The second-order valence-corrected chi connectivity index (χ2v) is 6.21. The van der Waals surface area contributed by atoms with E-state index in [9.17, 15) is 4.79 Å². The molecular weight excluding hydrogens is 288 g/mol. The van der Waals surface area contributed by atoms with Crippen LogP contribution in [-0.4, -0.2) is 12.9 Å². The van der Waals surface area contributed by atoms with E-state index in [4.69, 9.17) is 10.5 Å². The fourth-order valence-electron chi connectivity index (χ4n) is 2.87. The number of hydrogen-bond donors (Lipinski definition) is 2. The molecule has 1 aliphatic rings. The molecule has 3 N–H and O–H groups in total. The van der Waals surface area contributed by atoms with Crippen LogP contribution in [0.3, 0.4) is 0 Å². The molecule has 2 aromatic rings. The molecule has 0 saturated carbocycles. The van der Waals surface area contributed by atoms with E-state index in [0.717, 1.165) is 22.6 Å². The SMILES string of the molecule is COc1ccc2c(c1)/C(=C/C(=O)c1ccc(N)cc1)NC2(C)C. The van der Waals surface area contributed by atoms with Crippen molar-refractivity contribution in [2.75, 3.05) is 12.8 Å². The Morgan fingerprint density at radius 2 is 1.87 bits per heavy atom. The molecule has 0 amide bonds. The van der Waals surface area contributed by atoms with Gasteiger partial charge in [0, 0.05) is 28.6 Å². The number of nitrogens with two attached hydrogens (primary N) is 1. The number of ether oxygens (including phenoxy) is 1. The molecule has 0 bridgehead atoms. The highest BCUT2D eigenvalue weighted by Gasteiger charge is 2.33. The number of fused-ring (bicyclic) bond motifs is 1.